The van der Waals surface area contributed by atoms with E-state index in [2.05, 4.69) is 10.4 Å². The van der Waals surface area contributed by atoms with Gasteiger partial charge in [-0.2, -0.15) is 5.10 Å². The molecule has 0 saturated heterocycles. The van der Waals surface area contributed by atoms with Crippen LogP contribution in [-0.2, 0) is 17.8 Å². The van der Waals surface area contributed by atoms with E-state index in [0.717, 1.165) is 37.6 Å². The summed E-state index contributed by atoms with van der Waals surface area (Å²) in [5.74, 6) is -2.17. The van der Waals surface area contributed by atoms with Crippen molar-refractivity contribution in [2.24, 2.45) is 0 Å². The maximum absolute atomic E-state index is 13.7. The zero-order chi connectivity index (χ0) is 18.0. The van der Waals surface area contributed by atoms with E-state index in [-0.39, 0.29) is 11.4 Å². The molecule has 1 aliphatic rings. The number of fused-ring (bicyclic) bond motifs is 1. The Balaban J connectivity index is 1.84. The minimum absolute atomic E-state index is 0.0603. The molecule has 1 aromatic heterocycles. The first-order chi connectivity index (χ1) is 12.0. The van der Waals surface area contributed by atoms with Crippen LogP contribution in [0.4, 0.5) is 4.39 Å². The predicted molar refractivity (Wildman–Crippen MR) is 89.0 cm³/mol. The van der Waals surface area contributed by atoms with Gasteiger partial charge in [-0.15, -0.1) is 0 Å². The van der Waals surface area contributed by atoms with E-state index in [4.69, 9.17) is 16.7 Å². The second-order valence-corrected chi connectivity index (χ2v) is 6.39. The molecular formula is C17H17ClFN3O3. The number of carboxylic acids is 1. The highest BCUT2D eigenvalue weighted by Crippen LogP contribution is 2.24. The number of aliphatic carboxylic acids is 1. The number of aryl methyl sites for hydroxylation is 1. The molecular weight excluding hydrogens is 349 g/mol. The maximum Gasteiger partial charge on any atom is 0.305 e. The van der Waals surface area contributed by atoms with E-state index in [1.54, 1.807) is 4.68 Å². The first-order valence-electron chi connectivity index (χ1n) is 7.98. The molecule has 6 nitrogen and oxygen atoms in total. The molecule has 132 valence electrons. The standard InChI is InChI=1S/C17H17ClFN3O3/c18-12-5-4-10(7-13(12)19)14(8-16(23)24)21-17(25)11-9-20-22-6-2-1-3-15(11)22/h4-5,7,9,14H,1-3,6,8H2,(H,21,25)(H,23,24). The zero-order valence-electron chi connectivity index (χ0n) is 13.3. The van der Waals surface area contributed by atoms with Gasteiger partial charge in [0.25, 0.3) is 5.91 Å². The molecule has 3 rings (SSSR count). The second-order valence-electron chi connectivity index (χ2n) is 5.98. The molecule has 2 heterocycles. The van der Waals surface area contributed by atoms with Gasteiger partial charge < -0.3 is 10.4 Å². The quantitative estimate of drug-likeness (QED) is 0.853. The molecule has 0 saturated carbocycles. The highest BCUT2D eigenvalue weighted by Gasteiger charge is 2.24. The lowest BCUT2D eigenvalue weighted by Gasteiger charge is -2.19. The van der Waals surface area contributed by atoms with Gasteiger partial charge in [-0.05, 0) is 37.0 Å². The largest absolute Gasteiger partial charge is 0.481 e. The van der Waals surface area contributed by atoms with Gasteiger partial charge in [-0.25, -0.2) is 4.39 Å². The lowest BCUT2D eigenvalue weighted by atomic mass is 10.0. The number of carbonyl (C=O) groups excluding carboxylic acids is 1. The fourth-order valence-corrected chi connectivity index (χ4v) is 3.12. The molecule has 8 heteroatoms. The van der Waals surface area contributed by atoms with Crippen molar-refractivity contribution >= 4 is 23.5 Å². The predicted octanol–water partition coefficient (Wildman–Crippen LogP) is 2.96. The topological polar surface area (TPSA) is 84.2 Å². The third kappa shape index (κ3) is 3.82. The molecule has 1 amide bonds. The van der Waals surface area contributed by atoms with Crippen molar-refractivity contribution in [1.29, 1.82) is 0 Å². The first-order valence-corrected chi connectivity index (χ1v) is 8.36. The van der Waals surface area contributed by atoms with Crippen LogP contribution >= 0.6 is 11.6 Å². The Morgan fingerprint density at radius 3 is 2.92 bits per heavy atom. The van der Waals surface area contributed by atoms with Gasteiger partial charge in [-0.1, -0.05) is 17.7 Å². The van der Waals surface area contributed by atoms with E-state index < -0.39 is 23.7 Å². The van der Waals surface area contributed by atoms with E-state index in [9.17, 15) is 14.0 Å². The Bertz CT molecular complexity index is 821. The van der Waals surface area contributed by atoms with Gasteiger partial charge in [0.2, 0.25) is 0 Å². The second kappa shape index (κ2) is 7.23. The molecule has 0 spiro atoms. The molecule has 1 aliphatic heterocycles. The summed E-state index contributed by atoms with van der Waals surface area (Å²) < 4.78 is 15.5. The molecule has 25 heavy (non-hydrogen) atoms. The van der Waals surface area contributed by atoms with Crippen LogP contribution < -0.4 is 5.32 Å². The van der Waals surface area contributed by atoms with Gasteiger partial charge in [0.05, 0.1) is 34.9 Å². The van der Waals surface area contributed by atoms with Crippen LogP contribution in [0.2, 0.25) is 5.02 Å². The third-order valence-corrected chi connectivity index (χ3v) is 4.56. The number of halogens is 2. The zero-order valence-corrected chi connectivity index (χ0v) is 14.1. The number of amides is 1. The molecule has 1 atom stereocenters. The highest BCUT2D eigenvalue weighted by atomic mass is 35.5. The number of hydrogen-bond acceptors (Lipinski definition) is 3. The Morgan fingerprint density at radius 1 is 1.40 bits per heavy atom. The highest BCUT2D eigenvalue weighted by molar-refractivity contribution is 6.30. The average molecular weight is 366 g/mol. The van der Waals surface area contributed by atoms with Crippen molar-refractivity contribution in [1.82, 2.24) is 15.1 Å². The minimum Gasteiger partial charge on any atom is -0.481 e. The summed E-state index contributed by atoms with van der Waals surface area (Å²) in [6.07, 6.45) is 3.88. The normalized spacial score (nSPS) is 14.6. The van der Waals surface area contributed by atoms with Crippen molar-refractivity contribution in [3.63, 3.8) is 0 Å². The van der Waals surface area contributed by atoms with E-state index in [1.807, 2.05) is 0 Å². The van der Waals surface area contributed by atoms with Crippen molar-refractivity contribution in [3.8, 4) is 0 Å². The van der Waals surface area contributed by atoms with Crippen LogP contribution in [0.3, 0.4) is 0 Å². The van der Waals surface area contributed by atoms with Crippen LogP contribution in [0, 0.1) is 5.82 Å². The van der Waals surface area contributed by atoms with Crippen LogP contribution in [0.15, 0.2) is 24.4 Å². The number of carboxylic acid groups (broad SMARTS) is 1. The number of aromatic nitrogens is 2. The SMILES string of the molecule is O=C(O)CC(NC(=O)c1cnn2c1CCCC2)c1ccc(Cl)c(F)c1. The van der Waals surface area contributed by atoms with Gasteiger partial charge in [-0.3, -0.25) is 14.3 Å². The number of carbonyl (C=O) groups is 2. The van der Waals surface area contributed by atoms with Crippen molar-refractivity contribution in [3.05, 3.63) is 52.1 Å². The molecule has 0 radical (unpaired) electrons. The van der Waals surface area contributed by atoms with E-state index >= 15 is 0 Å². The lowest BCUT2D eigenvalue weighted by molar-refractivity contribution is -0.137. The van der Waals surface area contributed by atoms with E-state index in [0.29, 0.717) is 11.1 Å². The van der Waals surface area contributed by atoms with E-state index in [1.165, 1.54) is 18.3 Å². The number of rotatable bonds is 5. The number of nitrogens with one attached hydrogen (secondary N) is 1. The summed E-state index contributed by atoms with van der Waals surface area (Å²) >= 11 is 5.67. The molecule has 0 fully saturated rings. The van der Waals surface area contributed by atoms with Crippen LogP contribution in [0.1, 0.15) is 46.9 Å². The van der Waals surface area contributed by atoms with Gasteiger partial charge in [0.1, 0.15) is 5.82 Å². The monoisotopic (exact) mass is 365 g/mol. The van der Waals surface area contributed by atoms with Crippen LogP contribution in [0.5, 0.6) is 0 Å². The number of nitrogens with zero attached hydrogens (tertiary/aromatic N) is 2. The van der Waals surface area contributed by atoms with Gasteiger partial charge >= 0.3 is 5.97 Å². The fraction of sp³-hybridized carbons (Fsp3) is 0.353. The van der Waals surface area contributed by atoms with Gasteiger partial charge in [0.15, 0.2) is 0 Å². The third-order valence-electron chi connectivity index (χ3n) is 4.26. The average Bonchev–Trinajstić information content (AvgIpc) is 3.00. The Kier molecular flexibility index (Phi) is 5.03. The molecule has 2 aromatic rings. The number of benzene rings is 1. The molecule has 0 bridgehead atoms. The van der Waals surface area contributed by atoms with Crippen molar-refractivity contribution in [2.75, 3.05) is 0 Å². The lowest BCUT2D eigenvalue weighted by Crippen LogP contribution is -2.31. The van der Waals surface area contributed by atoms with Crippen molar-refractivity contribution < 1.29 is 19.1 Å². The molecule has 0 aliphatic carbocycles. The minimum atomic E-state index is -1.10. The molecule has 1 unspecified atom stereocenters. The maximum atomic E-state index is 13.7. The molecule has 2 N–H and O–H groups in total. The van der Waals surface area contributed by atoms with Crippen molar-refractivity contribution in [2.45, 2.75) is 38.3 Å². The number of hydrogen-bond donors (Lipinski definition) is 2. The van der Waals surface area contributed by atoms with Gasteiger partial charge in [0, 0.05) is 6.54 Å². The summed E-state index contributed by atoms with van der Waals surface area (Å²) in [6, 6.07) is 3.13. The fourth-order valence-electron chi connectivity index (χ4n) is 3.00. The summed E-state index contributed by atoms with van der Waals surface area (Å²) in [5.41, 5.74) is 1.63. The Labute approximate surface area is 148 Å². The Morgan fingerprint density at radius 2 is 2.20 bits per heavy atom. The van der Waals surface area contributed by atoms with Crippen LogP contribution in [-0.4, -0.2) is 26.8 Å². The van der Waals surface area contributed by atoms with Crippen LogP contribution in [0.25, 0.3) is 0 Å². The first kappa shape index (κ1) is 17.4. The Hall–Kier alpha value is -2.41. The molecule has 1 aromatic carbocycles. The summed E-state index contributed by atoms with van der Waals surface area (Å²) in [4.78, 5) is 23.8. The summed E-state index contributed by atoms with van der Waals surface area (Å²) in [5, 5.41) is 15.9. The summed E-state index contributed by atoms with van der Waals surface area (Å²) in [7, 11) is 0. The summed E-state index contributed by atoms with van der Waals surface area (Å²) in [6.45, 7) is 0.767. The smallest absolute Gasteiger partial charge is 0.305 e.